The van der Waals surface area contributed by atoms with Crippen molar-refractivity contribution in [1.82, 2.24) is 19.7 Å². The van der Waals surface area contributed by atoms with Crippen molar-refractivity contribution < 1.29 is 9.59 Å². The summed E-state index contributed by atoms with van der Waals surface area (Å²) in [5, 5.41) is 11.5. The van der Waals surface area contributed by atoms with Gasteiger partial charge in [0.25, 0.3) is 0 Å². The van der Waals surface area contributed by atoms with Crippen LogP contribution in [0.4, 0.5) is 5.69 Å². The molecule has 1 aromatic carbocycles. The van der Waals surface area contributed by atoms with Crippen LogP contribution in [0.2, 0.25) is 0 Å². The molecule has 2 heterocycles. The Morgan fingerprint density at radius 3 is 2.52 bits per heavy atom. The number of hydrogen-bond acceptors (Lipinski definition) is 6. The number of amides is 1. The fourth-order valence-electron chi connectivity index (χ4n) is 2.41. The van der Waals surface area contributed by atoms with E-state index in [1.54, 1.807) is 36.7 Å². The second-order valence-corrected chi connectivity index (χ2v) is 7.30. The Bertz CT molecular complexity index is 954. The molecule has 0 bridgehead atoms. The zero-order chi connectivity index (χ0) is 19.4. The van der Waals surface area contributed by atoms with Crippen molar-refractivity contribution in [3.05, 3.63) is 54.4 Å². The molecule has 27 heavy (non-hydrogen) atoms. The lowest BCUT2D eigenvalue weighted by atomic mass is 10.1. The molecular formula is C19H19N5O2S. The average molecular weight is 381 g/mol. The molecule has 1 N–H and O–H groups in total. The summed E-state index contributed by atoms with van der Waals surface area (Å²) in [6.07, 6.45) is 3.42. The van der Waals surface area contributed by atoms with E-state index in [9.17, 15) is 9.59 Å². The number of nitrogens with zero attached hydrogens (tertiary/aromatic N) is 4. The van der Waals surface area contributed by atoms with E-state index in [0.717, 1.165) is 5.56 Å². The normalized spacial score (nSPS) is 11.8. The Hall–Kier alpha value is -3.00. The lowest BCUT2D eigenvalue weighted by molar-refractivity contribution is -0.115. The van der Waals surface area contributed by atoms with Gasteiger partial charge in [0.2, 0.25) is 5.91 Å². The Balaban J connectivity index is 1.66. The number of Topliss-reactive ketones (excluding diaryl/α,β-unsaturated/α-hetero) is 1. The molecule has 1 atom stereocenters. The SMILES string of the molecule is CC(=O)c1ccc(NC(=O)C(C)Sc2nnc(-c3cccnc3)n2C)cc1. The molecule has 8 heteroatoms. The first-order chi connectivity index (χ1) is 13.0. The van der Waals surface area contributed by atoms with Crippen molar-refractivity contribution in [2.45, 2.75) is 24.3 Å². The third-order valence-corrected chi connectivity index (χ3v) is 5.10. The quantitative estimate of drug-likeness (QED) is 0.521. The van der Waals surface area contributed by atoms with Gasteiger partial charge < -0.3 is 9.88 Å². The van der Waals surface area contributed by atoms with E-state index < -0.39 is 0 Å². The number of aromatic nitrogens is 4. The largest absolute Gasteiger partial charge is 0.325 e. The minimum absolute atomic E-state index is 0.0106. The van der Waals surface area contributed by atoms with E-state index in [1.165, 1.54) is 18.7 Å². The first-order valence-electron chi connectivity index (χ1n) is 8.34. The van der Waals surface area contributed by atoms with Crippen LogP contribution in [0.1, 0.15) is 24.2 Å². The molecule has 3 aromatic rings. The number of thioether (sulfide) groups is 1. The molecule has 0 aliphatic rings. The van der Waals surface area contributed by atoms with Crippen LogP contribution in [0, 0.1) is 0 Å². The van der Waals surface area contributed by atoms with Gasteiger partial charge in [-0.15, -0.1) is 10.2 Å². The molecule has 7 nitrogen and oxygen atoms in total. The molecule has 0 saturated heterocycles. The lowest BCUT2D eigenvalue weighted by Crippen LogP contribution is -2.22. The van der Waals surface area contributed by atoms with Crippen molar-refractivity contribution >= 4 is 29.1 Å². The van der Waals surface area contributed by atoms with Crippen molar-refractivity contribution in [3.63, 3.8) is 0 Å². The summed E-state index contributed by atoms with van der Waals surface area (Å²) in [5.74, 6) is 0.531. The van der Waals surface area contributed by atoms with Crippen LogP contribution in [0.15, 0.2) is 53.9 Å². The molecule has 0 spiro atoms. The average Bonchev–Trinajstić information content (AvgIpc) is 3.03. The molecule has 2 aromatic heterocycles. The van der Waals surface area contributed by atoms with Crippen LogP contribution < -0.4 is 5.32 Å². The Morgan fingerprint density at radius 1 is 1.15 bits per heavy atom. The van der Waals surface area contributed by atoms with E-state index in [4.69, 9.17) is 0 Å². The van der Waals surface area contributed by atoms with Gasteiger partial charge in [-0.25, -0.2) is 0 Å². The fourth-order valence-corrected chi connectivity index (χ4v) is 3.22. The van der Waals surface area contributed by atoms with Crippen LogP contribution in [0.25, 0.3) is 11.4 Å². The van der Waals surface area contributed by atoms with Gasteiger partial charge in [0.1, 0.15) is 0 Å². The number of carbonyl (C=O) groups excluding carboxylic acids is 2. The minimum atomic E-state index is -0.373. The Kier molecular flexibility index (Phi) is 5.66. The first kappa shape index (κ1) is 18.8. The highest BCUT2D eigenvalue weighted by molar-refractivity contribution is 8.00. The zero-order valence-electron chi connectivity index (χ0n) is 15.2. The molecule has 0 aliphatic heterocycles. The van der Waals surface area contributed by atoms with E-state index in [1.807, 2.05) is 30.7 Å². The lowest BCUT2D eigenvalue weighted by Gasteiger charge is -2.12. The van der Waals surface area contributed by atoms with Gasteiger partial charge in [-0.2, -0.15) is 0 Å². The van der Waals surface area contributed by atoms with Crippen molar-refractivity contribution in [1.29, 1.82) is 0 Å². The summed E-state index contributed by atoms with van der Waals surface area (Å²) in [6.45, 7) is 3.31. The third kappa shape index (κ3) is 4.40. The standard InChI is InChI=1S/C19H19N5O2S/c1-12(25)14-6-8-16(9-7-14)21-18(26)13(2)27-19-23-22-17(24(19)3)15-5-4-10-20-11-15/h4-11,13H,1-3H3,(H,21,26). The summed E-state index contributed by atoms with van der Waals surface area (Å²) < 4.78 is 1.84. The van der Waals surface area contributed by atoms with Gasteiger partial charge in [-0.3, -0.25) is 14.6 Å². The fraction of sp³-hybridized carbons (Fsp3) is 0.211. The highest BCUT2D eigenvalue weighted by atomic mass is 32.2. The van der Waals surface area contributed by atoms with Gasteiger partial charge >= 0.3 is 0 Å². The van der Waals surface area contributed by atoms with Gasteiger partial charge in [0.15, 0.2) is 16.8 Å². The zero-order valence-corrected chi connectivity index (χ0v) is 16.0. The molecule has 3 rings (SSSR count). The molecule has 1 amide bonds. The molecule has 0 radical (unpaired) electrons. The predicted octanol–water partition coefficient (Wildman–Crippen LogP) is 3.20. The number of carbonyl (C=O) groups is 2. The van der Waals surface area contributed by atoms with Crippen LogP contribution >= 0.6 is 11.8 Å². The predicted molar refractivity (Wildman–Crippen MR) is 105 cm³/mol. The Labute approximate surface area is 161 Å². The number of benzene rings is 1. The maximum Gasteiger partial charge on any atom is 0.237 e. The summed E-state index contributed by atoms with van der Waals surface area (Å²) >= 11 is 1.32. The topological polar surface area (TPSA) is 89.8 Å². The smallest absolute Gasteiger partial charge is 0.237 e. The van der Waals surface area contributed by atoms with E-state index in [0.29, 0.717) is 22.2 Å². The summed E-state index contributed by atoms with van der Waals surface area (Å²) in [5.41, 5.74) is 2.12. The number of nitrogens with one attached hydrogen (secondary N) is 1. The number of rotatable bonds is 6. The third-order valence-electron chi connectivity index (χ3n) is 3.97. The summed E-state index contributed by atoms with van der Waals surface area (Å²) in [6, 6.07) is 10.6. The summed E-state index contributed by atoms with van der Waals surface area (Å²) in [4.78, 5) is 27.9. The maximum atomic E-state index is 12.5. The van der Waals surface area contributed by atoms with Gasteiger partial charge in [-0.05, 0) is 50.2 Å². The second kappa shape index (κ2) is 8.13. The van der Waals surface area contributed by atoms with E-state index in [2.05, 4.69) is 20.5 Å². The van der Waals surface area contributed by atoms with Gasteiger partial charge in [-0.1, -0.05) is 11.8 Å². The van der Waals surface area contributed by atoms with Crippen LogP contribution in [-0.4, -0.2) is 36.7 Å². The first-order valence-corrected chi connectivity index (χ1v) is 9.22. The number of anilines is 1. The highest BCUT2D eigenvalue weighted by Crippen LogP contribution is 2.26. The molecule has 1 unspecified atom stereocenters. The van der Waals surface area contributed by atoms with Crippen LogP contribution in [0.5, 0.6) is 0 Å². The molecule has 0 aliphatic carbocycles. The maximum absolute atomic E-state index is 12.5. The minimum Gasteiger partial charge on any atom is -0.325 e. The van der Waals surface area contributed by atoms with Gasteiger partial charge in [0.05, 0.1) is 5.25 Å². The van der Waals surface area contributed by atoms with E-state index >= 15 is 0 Å². The van der Waals surface area contributed by atoms with Gasteiger partial charge in [0, 0.05) is 36.3 Å². The number of hydrogen-bond donors (Lipinski definition) is 1. The van der Waals surface area contributed by atoms with Crippen molar-refractivity contribution in [3.8, 4) is 11.4 Å². The van der Waals surface area contributed by atoms with Crippen LogP contribution in [-0.2, 0) is 11.8 Å². The number of ketones is 1. The van der Waals surface area contributed by atoms with E-state index in [-0.39, 0.29) is 16.9 Å². The van der Waals surface area contributed by atoms with Crippen LogP contribution in [0.3, 0.4) is 0 Å². The highest BCUT2D eigenvalue weighted by Gasteiger charge is 2.19. The van der Waals surface area contributed by atoms with Crippen molar-refractivity contribution in [2.24, 2.45) is 7.05 Å². The second-order valence-electron chi connectivity index (χ2n) is 5.99. The molecule has 0 fully saturated rings. The molecule has 0 saturated carbocycles. The Morgan fingerprint density at radius 2 is 1.89 bits per heavy atom. The molecular weight excluding hydrogens is 362 g/mol. The molecule has 138 valence electrons. The van der Waals surface area contributed by atoms with Crippen molar-refractivity contribution in [2.75, 3.05) is 5.32 Å². The monoisotopic (exact) mass is 381 g/mol. The summed E-state index contributed by atoms with van der Waals surface area (Å²) in [7, 11) is 1.86. The number of pyridine rings is 1.